The van der Waals surface area contributed by atoms with Gasteiger partial charge in [0.1, 0.15) is 17.2 Å². The first-order chi connectivity index (χ1) is 17.0. The van der Waals surface area contributed by atoms with Crippen molar-refractivity contribution < 1.29 is 14.0 Å². The highest BCUT2D eigenvalue weighted by Gasteiger charge is 2.16. The number of amides is 2. The molecule has 0 bridgehead atoms. The van der Waals surface area contributed by atoms with E-state index in [0.29, 0.717) is 30.0 Å². The van der Waals surface area contributed by atoms with E-state index < -0.39 is 0 Å². The predicted molar refractivity (Wildman–Crippen MR) is 142 cm³/mol. The lowest BCUT2D eigenvalue weighted by molar-refractivity contribution is -0.117. The molecule has 0 aliphatic heterocycles. The number of hydrogen-bond acceptors (Lipinski definition) is 3. The Balaban J connectivity index is 1.53. The van der Waals surface area contributed by atoms with Crippen molar-refractivity contribution in [2.24, 2.45) is 0 Å². The maximum absolute atomic E-state index is 13.0. The molecular formula is C29H25BrN2O3. The zero-order valence-electron chi connectivity index (χ0n) is 19.3. The lowest BCUT2D eigenvalue weighted by Crippen LogP contribution is -2.35. The van der Waals surface area contributed by atoms with Gasteiger partial charge in [-0.3, -0.25) is 9.59 Å². The summed E-state index contributed by atoms with van der Waals surface area (Å²) in [4.78, 5) is 25.9. The lowest BCUT2D eigenvalue weighted by Gasteiger charge is -2.11. The fourth-order valence-corrected chi connectivity index (χ4v) is 3.72. The highest BCUT2D eigenvalue weighted by atomic mass is 79.9. The van der Waals surface area contributed by atoms with Gasteiger partial charge in [0.2, 0.25) is 0 Å². The molecule has 4 aromatic rings. The van der Waals surface area contributed by atoms with Crippen molar-refractivity contribution in [1.29, 1.82) is 0 Å². The molecular weight excluding hydrogens is 504 g/mol. The molecule has 0 atom stereocenters. The summed E-state index contributed by atoms with van der Waals surface area (Å²) >= 11 is 3.43. The molecule has 3 aromatic carbocycles. The lowest BCUT2D eigenvalue weighted by atomic mass is 10.1. The van der Waals surface area contributed by atoms with Gasteiger partial charge in [0.15, 0.2) is 0 Å². The Bertz CT molecular complexity index is 1320. The van der Waals surface area contributed by atoms with Crippen LogP contribution in [-0.4, -0.2) is 18.4 Å². The summed E-state index contributed by atoms with van der Waals surface area (Å²) in [6.07, 6.45) is 2.23. The minimum Gasteiger partial charge on any atom is -0.457 e. The van der Waals surface area contributed by atoms with E-state index in [1.54, 1.807) is 24.3 Å². The molecule has 0 saturated carbocycles. The van der Waals surface area contributed by atoms with E-state index >= 15 is 0 Å². The van der Waals surface area contributed by atoms with Gasteiger partial charge in [-0.2, -0.15) is 0 Å². The highest BCUT2D eigenvalue weighted by molar-refractivity contribution is 9.10. The van der Waals surface area contributed by atoms with Gasteiger partial charge < -0.3 is 15.1 Å². The van der Waals surface area contributed by atoms with Gasteiger partial charge in [-0.25, -0.2) is 0 Å². The number of aryl methyl sites for hydroxylation is 1. The molecule has 0 radical (unpaired) electrons. The van der Waals surface area contributed by atoms with Crippen LogP contribution in [0.2, 0.25) is 0 Å². The van der Waals surface area contributed by atoms with Crippen LogP contribution in [0.1, 0.15) is 27.2 Å². The first-order valence-corrected chi connectivity index (χ1v) is 12.0. The van der Waals surface area contributed by atoms with Crippen LogP contribution in [0.4, 0.5) is 0 Å². The Labute approximate surface area is 213 Å². The van der Waals surface area contributed by atoms with Crippen molar-refractivity contribution in [3.63, 3.8) is 0 Å². The summed E-state index contributed by atoms with van der Waals surface area (Å²) in [5.74, 6) is 0.370. The molecule has 0 aliphatic carbocycles. The second kappa shape index (κ2) is 11.5. The second-order valence-electron chi connectivity index (χ2n) is 8.08. The smallest absolute Gasteiger partial charge is 0.267 e. The molecule has 176 valence electrons. The number of rotatable bonds is 8. The summed E-state index contributed by atoms with van der Waals surface area (Å²) in [7, 11) is 0. The number of furan rings is 1. The molecule has 1 aromatic heterocycles. The van der Waals surface area contributed by atoms with Crippen LogP contribution in [0.25, 0.3) is 17.4 Å². The van der Waals surface area contributed by atoms with E-state index in [1.165, 1.54) is 0 Å². The third-order valence-corrected chi connectivity index (χ3v) is 5.92. The van der Waals surface area contributed by atoms with Crippen LogP contribution < -0.4 is 10.6 Å². The van der Waals surface area contributed by atoms with Crippen molar-refractivity contribution in [2.75, 3.05) is 6.54 Å². The average Bonchev–Trinajstić information content (AvgIpc) is 3.33. The molecule has 2 N–H and O–H groups in total. The molecule has 2 amide bonds. The summed E-state index contributed by atoms with van der Waals surface area (Å²) in [5.41, 5.74) is 3.65. The Morgan fingerprint density at radius 3 is 2.31 bits per heavy atom. The molecule has 4 rings (SSSR count). The Morgan fingerprint density at radius 1 is 0.886 bits per heavy atom. The molecule has 0 saturated heterocycles. The van der Waals surface area contributed by atoms with E-state index in [0.717, 1.165) is 21.2 Å². The third-order valence-electron chi connectivity index (χ3n) is 5.39. The third kappa shape index (κ3) is 6.80. The number of carbonyl (C=O) groups excluding carboxylic acids is 2. The van der Waals surface area contributed by atoms with E-state index in [-0.39, 0.29) is 17.5 Å². The van der Waals surface area contributed by atoms with E-state index in [9.17, 15) is 9.59 Å². The number of benzene rings is 3. The summed E-state index contributed by atoms with van der Waals surface area (Å²) in [5, 5.41) is 5.64. The summed E-state index contributed by atoms with van der Waals surface area (Å²) in [6.45, 7) is 2.38. The molecule has 0 aliphatic rings. The summed E-state index contributed by atoms with van der Waals surface area (Å²) < 4.78 is 6.92. The molecule has 35 heavy (non-hydrogen) atoms. The average molecular weight is 529 g/mol. The van der Waals surface area contributed by atoms with Crippen LogP contribution >= 0.6 is 15.9 Å². The highest BCUT2D eigenvalue weighted by Crippen LogP contribution is 2.25. The zero-order chi connectivity index (χ0) is 24.6. The SMILES string of the molecule is Cc1ccc(C(=O)NC(=Cc2ccc(-c3ccc(Br)cc3)o2)C(=O)NCCc2ccccc2)cc1. The summed E-state index contributed by atoms with van der Waals surface area (Å²) in [6, 6.07) is 28.4. The van der Waals surface area contributed by atoms with Crippen LogP contribution in [0.15, 0.2) is 106 Å². The maximum atomic E-state index is 13.0. The minimum atomic E-state index is -0.386. The normalized spacial score (nSPS) is 11.2. The van der Waals surface area contributed by atoms with Crippen LogP contribution in [0, 0.1) is 6.92 Å². The van der Waals surface area contributed by atoms with Gasteiger partial charge in [-0.05, 0) is 55.3 Å². The Kier molecular flexibility index (Phi) is 7.95. The number of hydrogen-bond donors (Lipinski definition) is 2. The molecule has 0 spiro atoms. The topological polar surface area (TPSA) is 71.3 Å². The number of carbonyl (C=O) groups is 2. The van der Waals surface area contributed by atoms with Crippen LogP contribution in [0.5, 0.6) is 0 Å². The van der Waals surface area contributed by atoms with Gasteiger partial charge in [0.05, 0.1) is 0 Å². The van der Waals surface area contributed by atoms with Crippen molar-refractivity contribution >= 4 is 33.8 Å². The van der Waals surface area contributed by atoms with E-state index in [2.05, 4.69) is 26.6 Å². The van der Waals surface area contributed by atoms with Crippen molar-refractivity contribution in [3.8, 4) is 11.3 Å². The fraction of sp³-hybridized carbons (Fsp3) is 0.103. The van der Waals surface area contributed by atoms with Gasteiger partial charge >= 0.3 is 0 Å². The van der Waals surface area contributed by atoms with Gasteiger partial charge in [0.25, 0.3) is 11.8 Å². The van der Waals surface area contributed by atoms with Crippen molar-refractivity contribution in [3.05, 3.63) is 124 Å². The zero-order valence-corrected chi connectivity index (χ0v) is 20.8. The quantitative estimate of drug-likeness (QED) is 0.269. The first kappa shape index (κ1) is 24.2. The predicted octanol–water partition coefficient (Wildman–Crippen LogP) is 6.15. The first-order valence-electron chi connectivity index (χ1n) is 11.3. The largest absolute Gasteiger partial charge is 0.457 e. The Morgan fingerprint density at radius 2 is 1.60 bits per heavy atom. The van der Waals surface area contributed by atoms with E-state index in [4.69, 9.17) is 4.42 Å². The molecule has 0 unspecified atom stereocenters. The van der Waals surface area contributed by atoms with Crippen molar-refractivity contribution in [1.82, 2.24) is 10.6 Å². The molecule has 0 fully saturated rings. The van der Waals surface area contributed by atoms with Gasteiger partial charge in [-0.1, -0.05) is 76.1 Å². The molecule has 6 heteroatoms. The Hall–Kier alpha value is -3.90. The second-order valence-corrected chi connectivity index (χ2v) is 8.99. The standard InChI is InChI=1S/C29H25BrN2O3/c1-20-7-9-23(10-8-20)28(33)32-26(29(34)31-18-17-21-5-3-2-4-6-21)19-25-15-16-27(35-25)22-11-13-24(30)14-12-22/h2-16,19H,17-18H2,1H3,(H,31,34)(H,32,33). The van der Waals surface area contributed by atoms with Crippen LogP contribution in [0.3, 0.4) is 0 Å². The van der Waals surface area contributed by atoms with Crippen LogP contribution in [-0.2, 0) is 11.2 Å². The molecule has 1 heterocycles. The van der Waals surface area contributed by atoms with Crippen molar-refractivity contribution in [2.45, 2.75) is 13.3 Å². The maximum Gasteiger partial charge on any atom is 0.267 e. The monoisotopic (exact) mass is 528 g/mol. The van der Waals surface area contributed by atoms with Gasteiger partial charge in [0, 0.05) is 28.2 Å². The van der Waals surface area contributed by atoms with Gasteiger partial charge in [-0.15, -0.1) is 0 Å². The fourth-order valence-electron chi connectivity index (χ4n) is 3.46. The van der Waals surface area contributed by atoms with E-state index in [1.807, 2.05) is 79.7 Å². The molecule has 5 nitrogen and oxygen atoms in total. The number of nitrogens with one attached hydrogen (secondary N) is 2. The number of halogens is 1. The minimum absolute atomic E-state index is 0.111.